The molecule has 0 aliphatic rings. The van der Waals surface area contributed by atoms with Gasteiger partial charge in [-0.05, 0) is 32.2 Å². The summed E-state index contributed by atoms with van der Waals surface area (Å²) in [5.41, 5.74) is -0.281. The van der Waals surface area contributed by atoms with E-state index in [0.29, 0.717) is 10.0 Å². The molecule has 16 heavy (non-hydrogen) atoms. The summed E-state index contributed by atoms with van der Waals surface area (Å²) in [6.07, 6.45) is 0. The predicted molar refractivity (Wildman–Crippen MR) is 71.7 cm³/mol. The van der Waals surface area contributed by atoms with Crippen LogP contribution in [0.1, 0.15) is 6.92 Å². The Morgan fingerprint density at radius 2 is 2.06 bits per heavy atom. The van der Waals surface area contributed by atoms with Crippen LogP contribution in [0.25, 0.3) is 0 Å². The molecule has 0 heterocycles. The Labute approximate surface area is 110 Å². The SMILES string of the molecule is CNC(C)(CO)CSc1ccc(Cl)c(Cl)c1. The van der Waals surface area contributed by atoms with Gasteiger partial charge in [0.25, 0.3) is 0 Å². The normalized spacial score (nSPS) is 14.8. The monoisotopic (exact) mass is 279 g/mol. The first-order valence-electron chi connectivity index (χ1n) is 4.88. The molecule has 0 radical (unpaired) electrons. The molecule has 1 aromatic carbocycles. The summed E-state index contributed by atoms with van der Waals surface area (Å²) in [5, 5.41) is 13.5. The van der Waals surface area contributed by atoms with E-state index in [1.54, 1.807) is 17.8 Å². The summed E-state index contributed by atoms with van der Waals surface area (Å²) in [6, 6.07) is 5.54. The van der Waals surface area contributed by atoms with Crippen molar-refractivity contribution in [3.8, 4) is 0 Å². The molecule has 90 valence electrons. The fourth-order valence-corrected chi connectivity index (χ4v) is 2.46. The summed E-state index contributed by atoms with van der Waals surface area (Å²) in [6.45, 7) is 2.06. The molecule has 0 bridgehead atoms. The minimum absolute atomic E-state index is 0.0951. The van der Waals surface area contributed by atoms with Gasteiger partial charge in [-0.15, -0.1) is 11.8 Å². The van der Waals surface area contributed by atoms with Gasteiger partial charge in [-0.1, -0.05) is 23.2 Å². The highest BCUT2D eigenvalue weighted by molar-refractivity contribution is 7.99. The second-order valence-corrected chi connectivity index (χ2v) is 5.70. The van der Waals surface area contributed by atoms with Crippen LogP contribution in [0.15, 0.2) is 23.1 Å². The average molecular weight is 280 g/mol. The topological polar surface area (TPSA) is 32.3 Å². The van der Waals surface area contributed by atoms with Crippen molar-refractivity contribution in [3.05, 3.63) is 28.2 Å². The third kappa shape index (κ3) is 3.82. The lowest BCUT2D eigenvalue weighted by Crippen LogP contribution is -2.45. The molecule has 0 amide bonds. The molecular weight excluding hydrogens is 265 g/mol. The number of nitrogens with one attached hydrogen (secondary N) is 1. The molecule has 0 aliphatic carbocycles. The van der Waals surface area contributed by atoms with Gasteiger partial charge in [-0.3, -0.25) is 0 Å². The number of benzene rings is 1. The van der Waals surface area contributed by atoms with Gasteiger partial charge in [0, 0.05) is 16.2 Å². The van der Waals surface area contributed by atoms with Crippen molar-refractivity contribution in [1.82, 2.24) is 5.32 Å². The van der Waals surface area contributed by atoms with Gasteiger partial charge in [-0.25, -0.2) is 0 Å². The minimum atomic E-state index is -0.281. The van der Waals surface area contributed by atoms with Crippen LogP contribution in [0.4, 0.5) is 0 Å². The molecule has 0 saturated carbocycles. The van der Waals surface area contributed by atoms with Gasteiger partial charge < -0.3 is 10.4 Å². The zero-order valence-electron chi connectivity index (χ0n) is 9.26. The Morgan fingerprint density at radius 1 is 1.38 bits per heavy atom. The van der Waals surface area contributed by atoms with Crippen LogP contribution >= 0.6 is 35.0 Å². The van der Waals surface area contributed by atoms with Crippen molar-refractivity contribution in [2.75, 3.05) is 19.4 Å². The molecule has 2 nitrogen and oxygen atoms in total. The molecular formula is C11H15Cl2NOS. The van der Waals surface area contributed by atoms with E-state index >= 15 is 0 Å². The highest BCUT2D eigenvalue weighted by atomic mass is 35.5. The Hall–Kier alpha value is 0.0700. The number of rotatable bonds is 5. The average Bonchev–Trinajstić information content (AvgIpc) is 2.30. The molecule has 0 aromatic heterocycles. The van der Waals surface area contributed by atoms with Gasteiger partial charge in [0.05, 0.1) is 16.7 Å². The molecule has 5 heteroatoms. The van der Waals surface area contributed by atoms with Crippen molar-refractivity contribution < 1.29 is 5.11 Å². The van der Waals surface area contributed by atoms with Crippen molar-refractivity contribution in [2.24, 2.45) is 0 Å². The van der Waals surface area contributed by atoms with Crippen molar-refractivity contribution in [1.29, 1.82) is 0 Å². The molecule has 1 rings (SSSR count). The molecule has 1 aromatic rings. The van der Waals surface area contributed by atoms with Crippen LogP contribution in [0.3, 0.4) is 0 Å². The largest absolute Gasteiger partial charge is 0.394 e. The Balaban J connectivity index is 2.64. The third-order valence-corrected chi connectivity index (χ3v) is 4.51. The predicted octanol–water partition coefficient (Wildman–Crippen LogP) is 3.06. The quantitative estimate of drug-likeness (QED) is 0.813. The van der Waals surface area contributed by atoms with Crippen molar-refractivity contribution in [3.63, 3.8) is 0 Å². The molecule has 0 fully saturated rings. The van der Waals surface area contributed by atoms with Gasteiger partial charge in [0.1, 0.15) is 0 Å². The first-order valence-corrected chi connectivity index (χ1v) is 6.62. The highest BCUT2D eigenvalue weighted by Crippen LogP contribution is 2.29. The first kappa shape index (κ1) is 14.1. The standard InChI is InChI=1S/C11H15Cl2NOS/c1-11(6-15,14-2)7-16-8-3-4-9(12)10(13)5-8/h3-5,14-15H,6-7H2,1-2H3. The molecule has 2 N–H and O–H groups in total. The highest BCUT2D eigenvalue weighted by Gasteiger charge is 2.20. The number of aliphatic hydroxyl groups is 1. The van der Waals surface area contributed by atoms with E-state index < -0.39 is 0 Å². The van der Waals surface area contributed by atoms with Crippen LogP contribution in [0, 0.1) is 0 Å². The Bertz CT molecular complexity index is 356. The molecule has 0 saturated heterocycles. The zero-order chi connectivity index (χ0) is 12.2. The maximum absolute atomic E-state index is 9.24. The zero-order valence-corrected chi connectivity index (χ0v) is 11.6. The van der Waals surface area contributed by atoms with Crippen LogP contribution in [0.2, 0.25) is 10.0 Å². The van der Waals surface area contributed by atoms with E-state index in [2.05, 4.69) is 5.32 Å². The number of aliphatic hydroxyl groups excluding tert-OH is 1. The van der Waals surface area contributed by atoms with Crippen LogP contribution in [-0.2, 0) is 0 Å². The van der Waals surface area contributed by atoms with Crippen molar-refractivity contribution >= 4 is 35.0 Å². The maximum atomic E-state index is 9.24. The number of hydrogen-bond donors (Lipinski definition) is 2. The fraction of sp³-hybridized carbons (Fsp3) is 0.455. The number of hydrogen-bond acceptors (Lipinski definition) is 3. The van der Waals surface area contributed by atoms with E-state index in [0.717, 1.165) is 10.6 Å². The van der Waals surface area contributed by atoms with E-state index in [4.69, 9.17) is 23.2 Å². The molecule has 0 aliphatic heterocycles. The number of halogens is 2. The summed E-state index contributed by atoms with van der Waals surface area (Å²) in [5.74, 6) is 0.762. The van der Waals surface area contributed by atoms with E-state index in [1.165, 1.54) is 0 Å². The smallest absolute Gasteiger partial charge is 0.0618 e. The van der Waals surface area contributed by atoms with Gasteiger partial charge >= 0.3 is 0 Å². The summed E-state index contributed by atoms with van der Waals surface area (Å²) >= 11 is 13.4. The maximum Gasteiger partial charge on any atom is 0.0618 e. The van der Waals surface area contributed by atoms with E-state index in [-0.39, 0.29) is 12.1 Å². The Kier molecular flexibility index (Phi) is 5.41. The number of thioether (sulfide) groups is 1. The Morgan fingerprint density at radius 3 is 2.56 bits per heavy atom. The summed E-state index contributed by atoms with van der Waals surface area (Å²) < 4.78 is 0. The molecule has 0 spiro atoms. The first-order chi connectivity index (χ1) is 7.50. The van der Waals surface area contributed by atoms with E-state index in [9.17, 15) is 5.11 Å². The summed E-state index contributed by atoms with van der Waals surface area (Å²) in [4.78, 5) is 1.05. The lowest BCUT2D eigenvalue weighted by molar-refractivity contribution is 0.200. The second kappa shape index (κ2) is 6.12. The number of likely N-dealkylation sites (N-methyl/N-ethyl adjacent to an activating group) is 1. The molecule has 1 unspecified atom stereocenters. The lowest BCUT2D eigenvalue weighted by atomic mass is 10.1. The van der Waals surface area contributed by atoms with Gasteiger partial charge in [0.2, 0.25) is 0 Å². The lowest BCUT2D eigenvalue weighted by Gasteiger charge is -2.26. The third-order valence-electron chi connectivity index (χ3n) is 2.40. The van der Waals surface area contributed by atoms with Crippen LogP contribution in [0.5, 0.6) is 0 Å². The van der Waals surface area contributed by atoms with Crippen LogP contribution in [-0.4, -0.2) is 30.1 Å². The fourth-order valence-electron chi connectivity index (χ4n) is 1.01. The minimum Gasteiger partial charge on any atom is -0.394 e. The second-order valence-electron chi connectivity index (χ2n) is 3.83. The molecule has 1 atom stereocenters. The van der Waals surface area contributed by atoms with Gasteiger partial charge in [-0.2, -0.15) is 0 Å². The van der Waals surface area contributed by atoms with Crippen LogP contribution < -0.4 is 5.32 Å². The summed E-state index contributed by atoms with van der Waals surface area (Å²) in [7, 11) is 1.84. The van der Waals surface area contributed by atoms with Crippen molar-refractivity contribution in [2.45, 2.75) is 17.4 Å². The van der Waals surface area contributed by atoms with Gasteiger partial charge in [0.15, 0.2) is 0 Å². The van der Waals surface area contributed by atoms with E-state index in [1.807, 2.05) is 26.1 Å².